The van der Waals surface area contributed by atoms with Crippen LogP contribution in [-0.4, -0.2) is 97.3 Å². The van der Waals surface area contributed by atoms with Crippen LogP contribution in [-0.2, 0) is 18.9 Å². The summed E-state index contributed by atoms with van der Waals surface area (Å²) < 4.78 is 23.6. The van der Waals surface area contributed by atoms with Crippen LogP contribution < -0.4 is 0 Å². The van der Waals surface area contributed by atoms with Gasteiger partial charge < -0.3 is 0 Å². The van der Waals surface area contributed by atoms with Gasteiger partial charge in [-0.2, -0.15) is 0 Å². The van der Waals surface area contributed by atoms with Gasteiger partial charge in [0.1, 0.15) is 0 Å². The van der Waals surface area contributed by atoms with E-state index in [2.05, 4.69) is 10.0 Å². The third-order valence-corrected chi connectivity index (χ3v) is 10.7. The molecule has 0 bridgehead atoms. The van der Waals surface area contributed by atoms with E-state index >= 15 is 0 Å². The fraction of sp³-hybridized carbons (Fsp3) is 1.00. The van der Waals surface area contributed by atoms with Gasteiger partial charge in [0.05, 0.1) is 6.61 Å². The summed E-state index contributed by atoms with van der Waals surface area (Å²) in [6.07, 6.45) is 0.189. The minimum absolute atomic E-state index is 0.00618. The second kappa shape index (κ2) is 14.6. The average molecular weight is 469 g/mol. The third-order valence-electron chi connectivity index (χ3n) is 5.08. The van der Waals surface area contributed by atoms with Crippen LogP contribution in [0.1, 0.15) is 48.5 Å². The molecule has 2 N–H and O–H groups in total. The Hall–Kier alpha value is -0.540. The summed E-state index contributed by atoms with van der Waals surface area (Å²) in [5.74, 6) is 0. The molecule has 0 rings (SSSR count). The van der Waals surface area contributed by atoms with Crippen molar-refractivity contribution in [2.24, 2.45) is 5.11 Å². The SMILES string of the molecule is CC(C)N(C(C)C)P(O)(O)(CCOCCOCCOCCOCCN=[N+]=[N-])C(C)(C)C. The Labute approximate surface area is 188 Å². The maximum absolute atomic E-state index is 11.7. The molecule has 0 atom stereocenters. The monoisotopic (exact) mass is 468 g/mol. The zero-order valence-corrected chi connectivity index (χ0v) is 21.4. The second-order valence-electron chi connectivity index (χ2n) is 9.02. The van der Waals surface area contributed by atoms with Crippen LogP contribution in [0, 0.1) is 0 Å². The Morgan fingerprint density at radius 2 is 1.19 bits per heavy atom. The number of ether oxygens (including phenoxy) is 4. The Morgan fingerprint density at radius 3 is 1.55 bits per heavy atom. The molecule has 0 aliphatic heterocycles. The predicted molar refractivity (Wildman–Crippen MR) is 125 cm³/mol. The van der Waals surface area contributed by atoms with Crippen LogP contribution in [0.15, 0.2) is 5.11 Å². The van der Waals surface area contributed by atoms with Crippen molar-refractivity contribution in [2.45, 2.75) is 65.7 Å². The van der Waals surface area contributed by atoms with Crippen molar-refractivity contribution >= 4 is 7.21 Å². The van der Waals surface area contributed by atoms with Crippen molar-refractivity contribution < 1.29 is 28.7 Å². The molecule has 0 radical (unpaired) electrons. The average Bonchev–Trinajstić information content (AvgIpc) is 2.63. The van der Waals surface area contributed by atoms with Gasteiger partial charge in [-0.05, 0) is 5.53 Å². The Morgan fingerprint density at radius 1 is 0.806 bits per heavy atom. The third kappa shape index (κ3) is 10.3. The zero-order chi connectivity index (χ0) is 24.0. The van der Waals surface area contributed by atoms with E-state index in [1.54, 1.807) is 0 Å². The Kier molecular flexibility index (Phi) is 14.3. The van der Waals surface area contributed by atoms with Crippen molar-refractivity contribution in [2.75, 3.05) is 65.6 Å². The molecule has 0 heterocycles. The molecule has 11 heteroatoms. The molecule has 186 valence electrons. The Bertz CT molecular complexity index is 528. The zero-order valence-electron chi connectivity index (χ0n) is 20.5. The first-order chi connectivity index (χ1) is 14.4. The van der Waals surface area contributed by atoms with Gasteiger partial charge in [0, 0.05) is 11.5 Å². The first-order valence-corrected chi connectivity index (χ1v) is 13.3. The van der Waals surface area contributed by atoms with E-state index in [4.69, 9.17) is 24.5 Å². The first kappa shape index (κ1) is 30.5. The molecule has 0 spiro atoms. The van der Waals surface area contributed by atoms with Crippen LogP contribution in [0.25, 0.3) is 10.4 Å². The summed E-state index contributed by atoms with van der Waals surface area (Å²) in [6, 6.07) is 0.0124. The van der Waals surface area contributed by atoms with Crippen LogP contribution in [0.5, 0.6) is 0 Å². The molecule has 0 fully saturated rings. The Balaban J connectivity index is 4.14. The molecule has 0 aromatic rings. The van der Waals surface area contributed by atoms with Crippen LogP contribution in [0.3, 0.4) is 0 Å². The summed E-state index contributed by atoms with van der Waals surface area (Å²) in [6.45, 7) is 17.2. The number of hydrogen-bond acceptors (Lipinski definition) is 8. The first-order valence-electron chi connectivity index (χ1n) is 11.0. The quantitative estimate of drug-likeness (QED) is 0.103. The van der Waals surface area contributed by atoms with Crippen molar-refractivity contribution in [3.05, 3.63) is 10.4 Å². The van der Waals surface area contributed by atoms with Crippen molar-refractivity contribution in [3.63, 3.8) is 0 Å². The molecule has 10 nitrogen and oxygen atoms in total. The van der Waals surface area contributed by atoms with E-state index in [-0.39, 0.29) is 24.9 Å². The van der Waals surface area contributed by atoms with Gasteiger partial charge in [-0.25, -0.2) is 0 Å². The van der Waals surface area contributed by atoms with Gasteiger partial charge in [0.25, 0.3) is 0 Å². The molecule has 0 saturated carbocycles. The molecule has 0 saturated heterocycles. The van der Waals surface area contributed by atoms with Crippen molar-refractivity contribution in [1.29, 1.82) is 0 Å². The van der Waals surface area contributed by atoms with Crippen LogP contribution in [0.4, 0.5) is 0 Å². The molecule has 0 aromatic heterocycles. The fourth-order valence-electron chi connectivity index (χ4n) is 3.51. The van der Waals surface area contributed by atoms with Crippen molar-refractivity contribution in [3.8, 4) is 0 Å². The van der Waals surface area contributed by atoms with E-state index in [1.165, 1.54) is 0 Å². The van der Waals surface area contributed by atoms with Gasteiger partial charge in [-0.1, -0.05) is 5.11 Å². The van der Waals surface area contributed by atoms with Gasteiger partial charge in [-0.3, -0.25) is 0 Å². The van der Waals surface area contributed by atoms with E-state index in [1.807, 2.05) is 53.1 Å². The molecular weight excluding hydrogens is 423 g/mol. The number of azide groups is 1. The van der Waals surface area contributed by atoms with Crippen LogP contribution in [0.2, 0.25) is 0 Å². The summed E-state index contributed by atoms with van der Waals surface area (Å²) in [5, 5.41) is 2.69. The second-order valence-corrected chi connectivity index (χ2v) is 13.6. The number of hydrogen-bond donors (Lipinski definition) is 2. The maximum atomic E-state index is 11.7. The summed E-state index contributed by atoms with van der Waals surface area (Å²) >= 11 is 0. The van der Waals surface area contributed by atoms with Crippen LogP contribution >= 0.6 is 7.21 Å². The summed E-state index contributed by atoms with van der Waals surface area (Å²) in [7, 11) is -4.20. The van der Waals surface area contributed by atoms with Gasteiger partial charge in [0.2, 0.25) is 0 Å². The van der Waals surface area contributed by atoms with Crippen molar-refractivity contribution in [1.82, 2.24) is 4.67 Å². The molecule has 0 amide bonds. The fourth-order valence-corrected chi connectivity index (χ4v) is 7.51. The van der Waals surface area contributed by atoms with Gasteiger partial charge >= 0.3 is 159 Å². The van der Waals surface area contributed by atoms with E-state index in [9.17, 15) is 9.79 Å². The summed E-state index contributed by atoms with van der Waals surface area (Å²) in [5.41, 5.74) is 8.13. The normalized spacial score (nSPS) is 14.1. The minimum atomic E-state index is -4.20. The molecule has 0 aromatic carbocycles. The molecular formula is C20H45N4O6P. The summed E-state index contributed by atoms with van der Waals surface area (Å²) in [4.78, 5) is 26.0. The van der Waals surface area contributed by atoms with Gasteiger partial charge in [-0.15, -0.1) is 0 Å². The molecule has 0 aliphatic carbocycles. The topological polar surface area (TPSA) is 129 Å². The van der Waals surface area contributed by atoms with E-state index < -0.39 is 12.4 Å². The number of nitrogens with zero attached hydrogens (tertiary/aromatic N) is 4. The standard InChI is InChI=1S/C20H45N4O6P/c1-18(2)24(19(3)4)31(25,26,20(5,6)7)17-16-30-15-14-29-13-12-28-11-10-27-9-8-22-23-21/h18-19,25-26H,8-17H2,1-7H3. The molecule has 0 aliphatic rings. The predicted octanol–water partition coefficient (Wildman–Crippen LogP) is 3.56. The number of rotatable bonds is 18. The van der Waals surface area contributed by atoms with Gasteiger partial charge in [0.15, 0.2) is 0 Å². The van der Waals surface area contributed by atoms with E-state index in [0.717, 1.165) is 0 Å². The molecule has 31 heavy (non-hydrogen) atoms. The van der Waals surface area contributed by atoms with E-state index in [0.29, 0.717) is 52.8 Å². The molecule has 0 unspecified atom stereocenters.